The molecule has 0 unspecified atom stereocenters. The fourth-order valence-corrected chi connectivity index (χ4v) is 1.87. The maximum atomic E-state index is 6.14. The lowest BCUT2D eigenvalue weighted by Crippen LogP contribution is -2.19. The average Bonchev–Trinajstić information content (AvgIpc) is 2.30. The molecule has 0 fully saturated rings. The second-order valence-electron chi connectivity index (χ2n) is 5.45. The molecule has 2 rings (SSSR count). The van der Waals surface area contributed by atoms with Crippen molar-refractivity contribution in [3.8, 4) is 0 Å². The highest BCUT2D eigenvalue weighted by atomic mass is 35.5. The first kappa shape index (κ1) is 13.7. The fourth-order valence-electron chi connectivity index (χ4n) is 1.66. The summed E-state index contributed by atoms with van der Waals surface area (Å²) in [5, 5.41) is 0.707. The Labute approximate surface area is 118 Å². The molecule has 0 aliphatic carbocycles. The summed E-state index contributed by atoms with van der Waals surface area (Å²) < 4.78 is 0. The van der Waals surface area contributed by atoms with Gasteiger partial charge in [-0.3, -0.25) is 0 Å². The van der Waals surface area contributed by atoms with E-state index in [2.05, 4.69) is 15.0 Å². The van der Waals surface area contributed by atoms with Crippen LogP contribution in [0.25, 0.3) is 0 Å². The summed E-state index contributed by atoms with van der Waals surface area (Å²) in [6.45, 7) is 6.13. The van der Waals surface area contributed by atoms with Gasteiger partial charge in [0.15, 0.2) is 0 Å². The van der Waals surface area contributed by atoms with Crippen molar-refractivity contribution >= 4 is 17.5 Å². The molecule has 0 atom stereocenters. The average molecular weight is 277 g/mol. The Hall–Kier alpha value is -1.68. The summed E-state index contributed by atoms with van der Waals surface area (Å²) in [5.74, 6) is 1.59. The van der Waals surface area contributed by atoms with Crippen molar-refractivity contribution in [1.29, 1.82) is 0 Å². The lowest BCUT2D eigenvalue weighted by Gasteiger charge is -2.17. The van der Waals surface area contributed by atoms with E-state index in [4.69, 9.17) is 17.3 Å². The van der Waals surface area contributed by atoms with E-state index in [1.165, 1.54) is 0 Å². The quantitative estimate of drug-likeness (QED) is 0.916. The number of hydrogen-bond donors (Lipinski definition) is 1. The minimum absolute atomic E-state index is 0.160. The summed E-state index contributed by atoms with van der Waals surface area (Å²) in [7, 11) is 0. The number of halogens is 1. The van der Waals surface area contributed by atoms with Crippen LogP contribution in [0.2, 0.25) is 5.02 Å². The number of benzene rings is 1. The minimum Gasteiger partial charge on any atom is -0.368 e. The van der Waals surface area contributed by atoms with Gasteiger partial charge >= 0.3 is 0 Å². The molecule has 0 bridgehead atoms. The molecule has 100 valence electrons. The van der Waals surface area contributed by atoms with Crippen LogP contribution in [0.15, 0.2) is 24.3 Å². The Morgan fingerprint density at radius 2 is 1.79 bits per heavy atom. The molecule has 0 saturated heterocycles. The van der Waals surface area contributed by atoms with E-state index in [0.29, 0.717) is 23.1 Å². The summed E-state index contributed by atoms with van der Waals surface area (Å²) in [4.78, 5) is 12.9. The molecule has 19 heavy (non-hydrogen) atoms. The van der Waals surface area contributed by atoms with Gasteiger partial charge in [-0.15, -0.1) is 0 Å². The van der Waals surface area contributed by atoms with Crippen LogP contribution in [0.5, 0.6) is 0 Å². The van der Waals surface area contributed by atoms with Crippen LogP contribution in [0.1, 0.15) is 38.0 Å². The summed E-state index contributed by atoms with van der Waals surface area (Å²) >= 11 is 6.14. The normalized spacial score (nSPS) is 11.6. The zero-order chi connectivity index (χ0) is 14.0. The van der Waals surface area contributed by atoms with Crippen molar-refractivity contribution in [2.75, 3.05) is 5.73 Å². The Kier molecular flexibility index (Phi) is 3.71. The van der Waals surface area contributed by atoms with Gasteiger partial charge in [0.1, 0.15) is 11.6 Å². The highest BCUT2D eigenvalue weighted by molar-refractivity contribution is 6.31. The van der Waals surface area contributed by atoms with Crippen molar-refractivity contribution in [2.24, 2.45) is 0 Å². The monoisotopic (exact) mass is 276 g/mol. The van der Waals surface area contributed by atoms with Crippen LogP contribution in [0, 0.1) is 0 Å². The largest absolute Gasteiger partial charge is 0.368 e. The summed E-state index contributed by atoms with van der Waals surface area (Å²) in [6.07, 6.45) is 0.551. The van der Waals surface area contributed by atoms with Gasteiger partial charge in [0.05, 0.1) is 0 Å². The first-order valence-corrected chi connectivity index (χ1v) is 6.48. The third-order valence-corrected chi connectivity index (χ3v) is 3.04. The Balaban J connectivity index is 2.36. The molecule has 2 N–H and O–H groups in total. The van der Waals surface area contributed by atoms with Crippen LogP contribution < -0.4 is 5.73 Å². The number of nitrogen functional groups attached to an aromatic ring is 1. The van der Waals surface area contributed by atoms with E-state index in [9.17, 15) is 0 Å². The number of anilines is 1. The number of nitrogens with zero attached hydrogens (tertiary/aromatic N) is 3. The van der Waals surface area contributed by atoms with E-state index in [0.717, 1.165) is 5.56 Å². The first-order chi connectivity index (χ1) is 8.86. The number of hydrogen-bond acceptors (Lipinski definition) is 4. The van der Waals surface area contributed by atoms with Gasteiger partial charge in [-0.25, -0.2) is 4.98 Å². The van der Waals surface area contributed by atoms with Crippen LogP contribution in [0.3, 0.4) is 0 Å². The predicted octanol–water partition coefficient (Wildman–Crippen LogP) is 3.00. The van der Waals surface area contributed by atoms with Crippen molar-refractivity contribution in [2.45, 2.75) is 32.6 Å². The molecule has 5 heteroatoms. The highest BCUT2D eigenvalue weighted by Crippen LogP contribution is 2.21. The molecular weight excluding hydrogens is 260 g/mol. The van der Waals surface area contributed by atoms with Gasteiger partial charge in [-0.2, -0.15) is 9.97 Å². The Morgan fingerprint density at radius 3 is 2.42 bits per heavy atom. The van der Waals surface area contributed by atoms with E-state index in [1.54, 1.807) is 0 Å². The lowest BCUT2D eigenvalue weighted by molar-refractivity contribution is 0.538. The molecule has 1 aromatic heterocycles. The van der Waals surface area contributed by atoms with Crippen LogP contribution in [-0.2, 0) is 11.8 Å². The molecule has 4 nitrogen and oxygen atoms in total. The number of aromatic nitrogens is 3. The first-order valence-electron chi connectivity index (χ1n) is 6.10. The van der Waals surface area contributed by atoms with Crippen molar-refractivity contribution in [3.63, 3.8) is 0 Å². The number of nitrogens with two attached hydrogens (primary N) is 1. The Bertz CT molecular complexity index is 590. The van der Waals surface area contributed by atoms with Gasteiger partial charge in [-0.1, -0.05) is 50.6 Å². The van der Waals surface area contributed by atoms with Crippen LogP contribution in [-0.4, -0.2) is 15.0 Å². The molecule has 0 spiro atoms. The molecule has 0 aliphatic heterocycles. The second-order valence-corrected chi connectivity index (χ2v) is 5.86. The zero-order valence-corrected chi connectivity index (χ0v) is 12.1. The zero-order valence-electron chi connectivity index (χ0n) is 11.3. The smallest absolute Gasteiger partial charge is 0.223 e. The van der Waals surface area contributed by atoms with Gasteiger partial charge in [0, 0.05) is 16.9 Å². The van der Waals surface area contributed by atoms with E-state index >= 15 is 0 Å². The number of rotatable bonds is 2. The highest BCUT2D eigenvalue weighted by Gasteiger charge is 2.19. The van der Waals surface area contributed by atoms with Crippen LogP contribution >= 0.6 is 11.6 Å². The van der Waals surface area contributed by atoms with Crippen molar-refractivity contribution in [1.82, 2.24) is 15.0 Å². The summed E-state index contributed by atoms with van der Waals surface area (Å²) in [5.41, 5.74) is 6.57. The van der Waals surface area contributed by atoms with Gasteiger partial charge in [0.2, 0.25) is 5.95 Å². The fraction of sp³-hybridized carbons (Fsp3) is 0.357. The standard InChI is InChI=1S/C14H17ClN4/c1-14(2,3)12-17-11(18-13(16)19-12)8-9-6-4-5-7-10(9)15/h4-7H,8H2,1-3H3,(H2,16,17,18,19). The van der Waals surface area contributed by atoms with Crippen molar-refractivity contribution in [3.05, 3.63) is 46.5 Å². The minimum atomic E-state index is -0.160. The topological polar surface area (TPSA) is 64.7 Å². The SMILES string of the molecule is CC(C)(C)c1nc(N)nc(Cc2ccccc2Cl)n1. The van der Waals surface area contributed by atoms with Crippen molar-refractivity contribution < 1.29 is 0 Å². The lowest BCUT2D eigenvalue weighted by atomic mass is 9.96. The molecule has 0 radical (unpaired) electrons. The predicted molar refractivity (Wildman–Crippen MR) is 77.2 cm³/mol. The van der Waals surface area contributed by atoms with Gasteiger partial charge < -0.3 is 5.73 Å². The third kappa shape index (κ3) is 3.41. The second kappa shape index (κ2) is 5.13. The molecular formula is C14H17ClN4. The maximum Gasteiger partial charge on any atom is 0.223 e. The van der Waals surface area contributed by atoms with Crippen LogP contribution in [0.4, 0.5) is 5.95 Å². The van der Waals surface area contributed by atoms with E-state index in [1.807, 2.05) is 45.0 Å². The van der Waals surface area contributed by atoms with E-state index < -0.39 is 0 Å². The van der Waals surface area contributed by atoms with Gasteiger partial charge in [0.25, 0.3) is 0 Å². The third-order valence-electron chi connectivity index (χ3n) is 2.68. The Morgan fingerprint density at radius 1 is 1.11 bits per heavy atom. The molecule has 1 aromatic carbocycles. The maximum absolute atomic E-state index is 6.14. The van der Waals surface area contributed by atoms with Gasteiger partial charge in [-0.05, 0) is 11.6 Å². The molecule has 0 amide bonds. The summed E-state index contributed by atoms with van der Waals surface area (Å²) in [6, 6.07) is 7.65. The van der Waals surface area contributed by atoms with E-state index in [-0.39, 0.29) is 11.4 Å². The molecule has 1 heterocycles. The molecule has 0 saturated carbocycles. The molecule has 2 aromatic rings. The molecule has 0 aliphatic rings.